The molecule has 13 rings (SSSR count). The Balaban J connectivity index is 1.17. The van der Waals surface area contributed by atoms with E-state index in [1.54, 1.807) is 0 Å². The minimum atomic E-state index is -0.826. The third-order valence-electron chi connectivity index (χ3n) is 16.5. The van der Waals surface area contributed by atoms with Gasteiger partial charge in [-0.25, -0.2) is 9.97 Å². The van der Waals surface area contributed by atoms with Gasteiger partial charge < -0.3 is 4.42 Å². The standard InChI is InChI=1S/C74H66N4O/c1-47-29-41-65(75-45-47)78(54-37-32-49(33-38-54)72(5,6)7)62-44-61-68(67-59-27-19-20-28-63(59)79-70(62)67)66-57-26-18-17-25-56(57)60-43-55(39-40-58(60)69(66)74(61,50-21-13-11-14-22-50)51-23-15-12-16-24-51)77(53-35-30-48(31-36-53)71(2,3)4)64-42-34-52(46-76-64)73(8,9)10/h11-46H,1-10H3. The van der Waals surface area contributed by atoms with Gasteiger partial charge in [-0.2, -0.15) is 0 Å². The van der Waals surface area contributed by atoms with Crippen LogP contribution < -0.4 is 9.80 Å². The van der Waals surface area contributed by atoms with Gasteiger partial charge in [0.25, 0.3) is 0 Å². The van der Waals surface area contributed by atoms with Crippen LogP contribution in [-0.2, 0) is 21.7 Å². The second-order valence-corrected chi connectivity index (χ2v) is 24.7. The van der Waals surface area contributed by atoms with E-state index in [0.29, 0.717) is 0 Å². The molecular weight excluding hydrogens is 961 g/mol. The monoisotopic (exact) mass is 1030 g/mol. The smallest absolute Gasteiger partial charge is 0.160 e. The van der Waals surface area contributed by atoms with Crippen molar-refractivity contribution >= 4 is 77.9 Å². The van der Waals surface area contributed by atoms with Crippen molar-refractivity contribution in [1.29, 1.82) is 0 Å². The zero-order valence-corrected chi connectivity index (χ0v) is 47.0. The maximum atomic E-state index is 7.33. The Morgan fingerprint density at radius 3 is 1.48 bits per heavy atom. The van der Waals surface area contributed by atoms with Gasteiger partial charge in [-0.05, 0) is 161 Å². The number of aryl methyl sites for hydroxylation is 1. The van der Waals surface area contributed by atoms with Crippen molar-refractivity contribution in [2.45, 2.75) is 90.9 Å². The Morgan fingerprint density at radius 1 is 0.405 bits per heavy atom. The fourth-order valence-electron chi connectivity index (χ4n) is 12.4. The minimum absolute atomic E-state index is 0.00241. The topological polar surface area (TPSA) is 45.4 Å². The molecule has 5 nitrogen and oxygen atoms in total. The first-order valence-electron chi connectivity index (χ1n) is 27.8. The van der Waals surface area contributed by atoms with E-state index >= 15 is 0 Å². The summed E-state index contributed by atoms with van der Waals surface area (Å²) in [5.74, 6) is 1.67. The van der Waals surface area contributed by atoms with Gasteiger partial charge in [-0.1, -0.05) is 208 Å². The highest BCUT2D eigenvalue weighted by molar-refractivity contribution is 6.27. The van der Waals surface area contributed by atoms with Gasteiger partial charge in [0.1, 0.15) is 17.2 Å². The van der Waals surface area contributed by atoms with Gasteiger partial charge in [0.15, 0.2) is 5.58 Å². The largest absolute Gasteiger partial charge is 0.454 e. The zero-order valence-electron chi connectivity index (χ0n) is 47.0. The van der Waals surface area contributed by atoms with E-state index in [9.17, 15) is 0 Å². The van der Waals surface area contributed by atoms with Crippen LogP contribution in [0.5, 0.6) is 0 Å². The fraction of sp³-hybridized carbons (Fsp3) is 0.189. The quantitative estimate of drug-likeness (QED) is 0.142. The average Bonchev–Trinajstić information content (AvgIpc) is 3.46. The van der Waals surface area contributed by atoms with E-state index in [4.69, 9.17) is 14.4 Å². The predicted molar refractivity (Wildman–Crippen MR) is 332 cm³/mol. The van der Waals surface area contributed by atoms with E-state index < -0.39 is 5.41 Å². The molecule has 79 heavy (non-hydrogen) atoms. The first-order valence-corrected chi connectivity index (χ1v) is 27.8. The lowest BCUT2D eigenvalue weighted by Crippen LogP contribution is -2.29. The maximum Gasteiger partial charge on any atom is 0.160 e. The van der Waals surface area contributed by atoms with Crippen molar-refractivity contribution in [3.8, 4) is 11.1 Å². The molecule has 3 heterocycles. The molecule has 0 saturated heterocycles. The molecule has 12 aromatic rings. The zero-order chi connectivity index (χ0) is 54.6. The van der Waals surface area contributed by atoms with E-state index in [0.717, 1.165) is 67.3 Å². The van der Waals surface area contributed by atoms with Crippen LogP contribution in [-0.4, -0.2) is 9.97 Å². The molecule has 3 aromatic heterocycles. The van der Waals surface area contributed by atoms with E-state index in [1.165, 1.54) is 66.2 Å². The molecule has 0 saturated carbocycles. The number of furan rings is 1. The Kier molecular flexibility index (Phi) is 11.6. The molecule has 0 atom stereocenters. The number of hydrogen-bond donors (Lipinski definition) is 0. The molecule has 0 radical (unpaired) electrons. The number of para-hydroxylation sites is 1. The first kappa shape index (κ1) is 49.8. The van der Waals surface area contributed by atoms with Gasteiger partial charge in [0, 0.05) is 40.2 Å². The molecule has 0 aliphatic heterocycles. The summed E-state index contributed by atoms with van der Waals surface area (Å²) >= 11 is 0. The highest BCUT2D eigenvalue weighted by Gasteiger charge is 2.50. The molecule has 5 heteroatoms. The lowest BCUT2D eigenvalue weighted by molar-refractivity contribution is 0.587. The van der Waals surface area contributed by atoms with Crippen LogP contribution in [0.2, 0.25) is 0 Å². The molecule has 1 aliphatic rings. The predicted octanol–water partition coefficient (Wildman–Crippen LogP) is 20.2. The number of nitrogens with zero attached hydrogens (tertiary/aromatic N) is 4. The Bertz CT molecular complexity index is 4170. The number of aromatic nitrogens is 2. The molecule has 0 spiro atoms. The Labute approximate surface area is 464 Å². The minimum Gasteiger partial charge on any atom is -0.454 e. The highest BCUT2D eigenvalue weighted by atomic mass is 16.3. The summed E-state index contributed by atoms with van der Waals surface area (Å²) in [6, 6.07) is 76.4. The van der Waals surface area contributed by atoms with Crippen molar-refractivity contribution in [2.75, 3.05) is 9.80 Å². The number of fused-ring (bicyclic) bond motifs is 12. The number of benzene rings is 9. The normalized spacial score (nSPS) is 13.3. The van der Waals surface area contributed by atoms with Crippen LogP contribution in [0.4, 0.5) is 34.4 Å². The molecule has 0 unspecified atom stereocenters. The van der Waals surface area contributed by atoms with Crippen molar-refractivity contribution in [3.63, 3.8) is 0 Å². The summed E-state index contributed by atoms with van der Waals surface area (Å²) in [6.45, 7) is 22.4. The van der Waals surface area contributed by atoms with Crippen LogP contribution in [0, 0.1) is 6.92 Å². The maximum absolute atomic E-state index is 7.33. The van der Waals surface area contributed by atoms with Crippen molar-refractivity contribution in [1.82, 2.24) is 9.97 Å². The number of pyridine rings is 2. The van der Waals surface area contributed by atoms with Gasteiger partial charge in [0.2, 0.25) is 0 Å². The number of hydrogen-bond acceptors (Lipinski definition) is 5. The SMILES string of the molecule is Cc1ccc(N(c2ccc(C(C)(C)C)cc2)c2cc3c(c4c2oc2ccccc24)-c2c(c4ccc(N(c5ccc(C(C)(C)C)cc5)c5ccc(C(C)(C)C)cn5)cc4c4ccccc24)C3(c2ccccc2)c2ccccc2)nc1. The third-order valence-corrected chi connectivity index (χ3v) is 16.5. The van der Waals surface area contributed by atoms with Gasteiger partial charge >= 0.3 is 0 Å². The highest BCUT2D eigenvalue weighted by Crippen LogP contribution is 2.64. The Hall–Kier alpha value is -8.80. The molecule has 1 aliphatic carbocycles. The first-order chi connectivity index (χ1) is 38.0. The van der Waals surface area contributed by atoms with Gasteiger partial charge in [-0.15, -0.1) is 0 Å². The van der Waals surface area contributed by atoms with Crippen molar-refractivity contribution in [3.05, 3.63) is 263 Å². The number of anilines is 6. The van der Waals surface area contributed by atoms with Gasteiger partial charge in [0.05, 0.1) is 11.1 Å². The molecule has 9 aromatic carbocycles. The fourth-order valence-corrected chi connectivity index (χ4v) is 12.4. The molecule has 0 fully saturated rings. The van der Waals surface area contributed by atoms with Crippen LogP contribution in [0.15, 0.2) is 223 Å². The molecular formula is C74H66N4O. The number of rotatable bonds is 8. The molecule has 0 bridgehead atoms. The summed E-state index contributed by atoms with van der Waals surface area (Å²) < 4.78 is 7.33. The van der Waals surface area contributed by atoms with Crippen molar-refractivity contribution < 1.29 is 4.42 Å². The summed E-state index contributed by atoms with van der Waals surface area (Å²) in [6.07, 6.45) is 4.01. The molecule has 0 amide bonds. The van der Waals surface area contributed by atoms with Gasteiger partial charge in [-0.3, -0.25) is 9.80 Å². The van der Waals surface area contributed by atoms with E-state index in [1.807, 2.05) is 12.4 Å². The summed E-state index contributed by atoms with van der Waals surface area (Å²) in [4.78, 5) is 15.1. The lowest BCUT2D eigenvalue weighted by atomic mass is 9.66. The van der Waals surface area contributed by atoms with Crippen molar-refractivity contribution in [2.24, 2.45) is 0 Å². The van der Waals surface area contributed by atoms with Crippen LogP contribution in [0.25, 0.3) is 54.6 Å². The van der Waals surface area contributed by atoms with E-state index in [2.05, 4.69) is 285 Å². The second kappa shape index (κ2) is 18.4. The molecule has 388 valence electrons. The third kappa shape index (κ3) is 8.12. The summed E-state index contributed by atoms with van der Waals surface area (Å²) in [5.41, 5.74) is 16.7. The van der Waals surface area contributed by atoms with Crippen LogP contribution in [0.1, 0.15) is 107 Å². The van der Waals surface area contributed by atoms with E-state index in [-0.39, 0.29) is 16.2 Å². The average molecular weight is 1030 g/mol. The van der Waals surface area contributed by atoms with Crippen LogP contribution in [0.3, 0.4) is 0 Å². The van der Waals surface area contributed by atoms with Crippen LogP contribution >= 0.6 is 0 Å². The summed E-state index contributed by atoms with van der Waals surface area (Å²) in [5, 5.41) is 6.84. The lowest BCUT2D eigenvalue weighted by Gasteiger charge is -2.36. The Morgan fingerprint density at radius 2 is 0.911 bits per heavy atom. The molecule has 0 N–H and O–H groups in total. The second-order valence-electron chi connectivity index (χ2n) is 24.7. The summed E-state index contributed by atoms with van der Waals surface area (Å²) in [7, 11) is 0.